The predicted molar refractivity (Wildman–Crippen MR) is 69.1 cm³/mol. The summed E-state index contributed by atoms with van der Waals surface area (Å²) >= 11 is 0. The second-order valence-corrected chi connectivity index (χ2v) is 5.21. The predicted octanol–water partition coefficient (Wildman–Crippen LogP) is 2.82. The van der Waals surface area contributed by atoms with Crippen LogP contribution in [-0.2, 0) is 4.79 Å². The van der Waals surface area contributed by atoms with Gasteiger partial charge in [0.1, 0.15) is 17.8 Å². The molecule has 22 heavy (non-hydrogen) atoms. The number of carboxylic acid groups (broad SMARTS) is 2. The summed E-state index contributed by atoms with van der Waals surface area (Å²) in [6.45, 7) is -0.144. The van der Waals surface area contributed by atoms with Crippen LogP contribution in [-0.4, -0.2) is 39.8 Å². The van der Waals surface area contributed by atoms with Crippen molar-refractivity contribution in [3.63, 3.8) is 0 Å². The van der Waals surface area contributed by atoms with Crippen molar-refractivity contribution in [2.24, 2.45) is 5.92 Å². The molecule has 0 aromatic heterocycles. The van der Waals surface area contributed by atoms with E-state index in [4.69, 9.17) is 10.2 Å². The zero-order valence-corrected chi connectivity index (χ0v) is 11.4. The summed E-state index contributed by atoms with van der Waals surface area (Å²) in [7, 11) is 0. The third kappa shape index (κ3) is 3.32. The molecule has 1 heterocycles. The molecule has 2 N–H and O–H groups in total. The Morgan fingerprint density at radius 3 is 2.27 bits per heavy atom. The van der Waals surface area contributed by atoms with Crippen molar-refractivity contribution in [3.8, 4) is 0 Å². The summed E-state index contributed by atoms with van der Waals surface area (Å²) in [6, 6.07) is 0.830. The molecule has 0 saturated carbocycles. The number of halogens is 3. The minimum atomic E-state index is -2.01. The maximum Gasteiger partial charge on any atom is 0.407 e. The van der Waals surface area contributed by atoms with E-state index < -0.39 is 41.8 Å². The van der Waals surface area contributed by atoms with E-state index in [1.807, 2.05) is 0 Å². The minimum Gasteiger partial charge on any atom is -0.481 e. The monoisotopic (exact) mass is 317 g/mol. The quantitative estimate of drug-likeness (QED) is 0.898. The van der Waals surface area contributed by atoms with Gasteiger partial charge in [0, 0.05) is 12.6 Å². The van der Waals surface area contributed by atoms with Crippen molar-refractivity contribution < 1.29 is 33.0 Å². The van der Waals surface area contributed by atoms with Crippen LogP contribution in [0.15, 0.2) is 18.2 Å². The van der Waals surface area contributed by atoms with Gasteiger partial charge >= 0.3 is 12.1 Å². The number of carbonyl (C=O) groups is 2. The average Bonchev–Trinajstić information content (AvgIpc) is 2.44. The van der Waals surface area contributed by atoms with Crippen LogP contribution >= 0.6 is 0 Å². The van der Waals surface area contributed by atoms with Crippen molar-refractivity contribution in [1.29, 1.82) is 0 Å². The number of benzene rings is 1. The lowest BCUT2D eigenvalue weighted by Gasteiger charge is -2.38. The molecular formula is C14H14F3NO4. The molecule has 1 aromatic rings. The molecule has 8 heteroatoms. The van der Waals surface area contributed by atoms with Crippen molar-refractivity contribution in [1.82, 2.24) is 4.90 Å². The Kier molecular flexibility index (Phi) is 4.58. The van der Waals surface area contributed by atoms with E-state index >= 15 is 0 Å². The molecule has 0 aliphatic carbocycles. The molecule has 5 nitrogen and oxygen atoms in total. The first-order valence-electron chi connectivity index (χ1n) is 6.62. The van der Waals surface area contributed by atoms with E-state index in [1.165, 1.54) is 0 Å². The largest absolute Gasteiger partial charge is 0.481 e. The van der Waals surface area contributed by atoms with Gasteiger partial charge in [0.25, 0.3) is 0 Å². The van der Waals surface area contributed by atoms with Gasteiger partial charge in [-0.2, -0.15) is 0 Å². The van der Waals surface area contributed by atoms with E-state index in [1.54, 1.807) is 0 Å². The summed E-state index contributed by atoms with van der Waals surface area (Å²) in [5, 5.41) is 18.1. The fourth-order valence-electron chi connectivity index (χ4n) is 2.69. The molecule has 0 bridgehead atoms. The summed E-state index contributed by atoms with van der Waals surface area (Å²) in [5.74, 6) is -4.00. The van der Waals surface area contributed by atoms with Crippen LogP contribution in [0.1, 0.15) is 24.6 Å². The molecule has 1 aromatic carbocycles. The van der Waals surface area contributed by atoms with Gasteiger partial charge in [0.15, 0.2) is 0 Å². The maximum absolute atomic E-state index is 14.6. The highest BCUT2D eigenvalue weighted by Crippen LogP contribution is 2.34. The van der Waals surface area contributed by atoms with Crippen LogP contribution in [0, 0.1) is 17.6 Å². The van der Waals surface area contributed by atoms with Gasteiger partial charge in [-0.1, -0.05) is 0 Å². The van der Waals surface area contributed by atoms with Crippen LogP contribution in [0.25, 0.3) is 0 Å². The highest BCUT2D eigenvalue weighted by molar-refractivity contribution is 5.71. The zero-order valence-electron chi connectivity index (χ0n) is 11.4. The lowest BCUT2D eigenvalue weighted by atomic mass is 9.87. The first-order chi connectivity index (χ1) is 10.3. The number of hydrogen-bond donors (Lipinski definition) is 2. The average molecular weight is 317 g/mol. The Labute approximate surface area is 124 Å². The highest BCUT2D eigenvalue weighted by Gasteiger charge is 2.40. The number of rotatable bonds is 3. The number of amides is 1. The Bertz CT molecular complexity index is 575. The molecule has 0 spiro atoms. The van der Waals surface area contributed by atoms with Crippen molar-refractivity contribution in [2.75, 3.05) is 6.54 Å². The summed E-state index contributed by atoms with van der Waals surface area (Å²) in [4.78, 5) is 23.0. The molecule has 1 aliphatic heterocycles. The summed E-state index contributed by atoms with van der Waals surface area (Å²) in [5.41, 5.74) is -0.347. The van der Waals surface area contributed by atoms with Gasteiger partial charge in [-0.05, 0) is 30.5 Å². The second kappa shape index (κ2) is 6.25. The van der Waals surface area contributed by atoms with Gasteiger partial charge < -0.3 is 15.1 Å². The smallest absolute Gasteiger partial charge is 0.407 e. The number of alkyl halides is 1. The summed E-state index contributed by atoms with van der Waals surface area (Å²) < 4.78 is 41.0. The number of aliphatic carboxylic acids is 1. The van der Waals surface area contributed by atoms with Crippen LogP contribution in [0.2, 0.25) is 0 Å². The number of piperidine rings is 1. The molecule has 1 saturated heterocycles. The molecule has 2 rings (SSSR count). The second-order valence-electron chi connectivity index (χ2n) is 5.21. The Balaban J connectivity index is 2.30. The van der Waals surface area contributed by atoms with E-state index in [-0.39, 0.29) is 24.9 Å². The highest BCUT2D eigenvalue weighted by atomic mass is 19.1. The first kappa shape index (κ1) is 16.1. The molecule has 0 radical (unpaired) electrons. The van der Waals surface area contributed by atoms with E-state index in [0.29, 0.717) is 6.07 Å². The number of hydrogen-bond acceptors (Lipinski definition) is 2. The van der Waals surface area contributed by atoms with Crippen LogP contribution in [0.4, 0.5) is 18.0 Å². The van der Waals surface area contributed by atoms with E-state index in [9.17, 15) is 22.8 Å². The number of likely N-dealkylation sites (tertiary alicyclic amines) is 1. The van der Waals surface area contributed by atoms with Gasteiger partial charge in [-0.3, -0.25) is 4.79 Å². The Morgan fingerprint density at radius 1 is 1.18 bits per heavy atom. The molecule has 3 atom stereocenters. The maximum atomic E-state index is 14.6. The number of nitrogens with zero attached hydrogens (tertiary/aromatic N) is 1. The number of carboxylic acids is 1. The first-order valence-corrected chi connectivity index (χ1v) is 6.62. The standard InChI is InChI=1S/C14H14F3NO4/c15-9-3-8(4-10(16)6-9)12(17)11-5-7(13(19)20)1-2-18(11)14(21)22/h3-4,6-7,11-12H,1-2,5H2,(H,19,20)(H,21,22). The summed E-state index contributed by atoms with van der Waals surface area (Å²) in [6.07, 6.45) is -3.58. The third-order valence-electron chi connectivity index (χ3n) is 3.78. The van der Waals surface area contributed by atoms with Crippen LogP contribution in [0.3, 0.4) is 0 Å². The molecule has 3 unspecified atom stereocenters. The zero-order chi connectivity index (χ0) is 16.4. The topological polar surface area (TPSA) is 77.8 Å². The van der Waals surface area contributed by atoms with Gasteiger partial charge in [-0.15, -0.1) is 0 Å². The molecular weight excluding hydrogens is 303 g/mol. The van der Waals surface area contributed by atoms with Crippen LogP contribution < -0.4 is 0 Å². The van der Waals surface area contributed by atoms with Crippen LogP contribution in [0.5, 0.6) is 0 Å². The van der Waals surface area contributed by atoms with Crippen molar-refractivity contribution >= 4 is 12.1 Å². The van der Waals surface area contributed by atoms with Crippen molar-refractivity contribution in [3.05, 3.63) is 35.4 Å². The van der Waals surface area contributed by atoms with Crippen molar-refractivity contribution in [2.45, 2.75) is 25.1 Å². The molecule has 1 aliphatic rings. The lowest BCUT2D eigenvalue weighted by Crippen LogP contribution is -2.49. The minimum absolute atomic E-state index is 0.0718. The molecule has 120 valence electrons. The Hall–Kier alpha value is -2.25. The van der Waals surface area contributed by atoms with E-state index in [0.717, 1.165) is 17.0 Å². The van der Waals surface area contributed by atoms with Gasteiger partial charge in [0.2, 0.25) is 0 Å². The van der Waals surface area contributed by atoms with E-state index in [2.05, 4.69) is 0 Å². The van der Waals surface area contributed by atoms with Gasteiger partial charge in [0.05, 0.1) is 12.0 Å². The molecule has 1 amide bonds. The van der Waals surface area contributed by atoms with Gasteiger partial charge in [-0.25, -0.2) is 18.0 Å². The third-order valence-corrected chi connectivity index (χ3v) is 3.78. The Morgan fingerprint density at radius 2 is 1.77 bits per heavy atom. The lowest BCUT2D eigenvalue weighted by molar-refractivity contribution is -0.144. The fourth-order valence-corrected chi connectivity index (χ4v) is 2.69. The SMILES string of the molecule is O=C(O)C1CCN(C(=O)O)C(C(F)c2cc(F)cc(F)c2)C1. The fraction of sp³-hybridized carbons (Fsp3) is 0.429. The molecule has 1 fully saturated rings. The normalized spacial score (nSPS) is 23.1.